The topological polar surface area (TPSA) is 310 Å². The van der Waals surface area contributed by atoms with Gasteiger partial charge < -0.3 is 42.3 Å². The fourth-order valence-electron chi connectivity index (χ4n) is 0.995. The van der Waals surface area contributed by atoms with Crippen LogP contribution in [0, 0.1) is 0 Å². The van der Waals surface area contributed by atoms with Gasteiger partial charge in [0.15, 0.2) is 0 Å². The molecule has 34 heavy (non-hydrogen) atoms. The van der Waals surface area contributed by atoms with Crippen molar-refractivity contribution in [2.24, 2.45) is 0 Å². The van der Waals surface area contributed by atoms with Crippen LogP contribution in [0.25, 0.3) is 0 Å². The van der Waals surface area contributed by atoms with Crippen LogP contribution in [0.2, 0.25) is 0 Å². The number of aliphatic carboxylic acids is 8. The standard InChI is InChI=1S/C8H11NO8.4C2H4O2.Na.H/c10-4(11)2-1-3(6(12)13)9-5(7(14)15)8(16)17;4*1-2(3)4;;/h3,5,9H,1-2H2,(H,10,11)(H,12,13)(H,14,15)(H,16,17);4*1H3,(H,3,4);;/q;;;;;+1;-1. The summed E-state index contributed by atoms with van der Waals surface area (Å²) in [7, 11) is 0. The summed E-state index contributed by atoms with van der Waals surface area (Å²) in [4.78, 5) is 77.8. The van der Waals surface area contributed by atoms with E-state index in [2.05, 4.69) is 0 Å². The second-order valence-corrected chi connectivity index (χ2v) is 5.18. The summed E-state index contributed by atoms with van der Waals surface area (Å²) in [5, 5.41) is 65.5. The normalized spacial score (nSPS) is 8.97. The van der Waals surface area contributed by atoms with Crippen LogP contribution in [0.1, 0.15) is 42.0 Å². The minimum Gasteiger partial charge on any atom is -1.00 e. The molecule has 9 N–H and O–H groups in total. The summed E-state index contributed by atoms with van der Waals surface area (Å²) in [5.74, 6) is -9.61. The summed E-state index contributed by atoms with van der Waals surface area (Å²) in [5.41, 5.74) is 0. The zero-order valence-corrected chi connectivity index (χ0v) is 20.9. The van der Waals surface area contributed by atoms with Gasteiger partial charge in [-0.05, 0) is 6.42 Å². The Morgan fingerprint density at radius 3 is 0.971 bits per heavy atom. The summed E-state index contributed by atoms with van der Waals surface area (Å²) in [6.07, 6.45) is -0.933. The molecular formula is C16H28NNaO16. The van der Waals surface area contributed by atoms with Crippen LogP contribution in [0.3, 0.4) is 0 Å². The molecule has 0 saturated carbocycles. The number of hydrogen-bond acceptors (Lipinski definition) is 9. The molecule has 194 valence electrons. The van der Waals surface area contributed by atoms with Gasteiger partial charge in [-0.1, -0.05) is 0 Å². The molecular weight excluding hydrogens is 485 g/mol. The van der Waals surface area contributed by atoms with Gasteiger partial charge in [0, 0.05) is 34.1 Å². The monoisotopic (exact) mass is 513 g/mol. The van der Waals surface area contributed by atoms with E-state index < -0.39 is 72.7 Å². The molecule has 0 spiro atoms. The van der Waals surface area contributed by atoms with Gasteiger partial charge >= 0.3 is 53.4 Å². The van der Waals surface area contributed by atoms with Gasteiger partial charge in [0.25, 0.3) is 23.9 Å². The van der Waals surface area contributed by atoms with E-state index in [9.17, 15) is 19.2 Å². The Balaban J connectivity index is -0.0000000715. The van der Waals surface area contributed by atoms with Crippen molar-refractivity contribution in [3.8, 4) is 0 Å². The summed E-state index contributed by atoms with van der Waals surface area (Å²) >= 11 is 0. The van der Waals surface area contributed by atoms with Crippen molar-refractivity contribution in [3.63, 3.8) is 0 Å². The van der Waals surface area contributed by atoms with E-state index in [0.29, 0.717) is 0 Å². The molecule has 0 fully saturated rings. The molecule has 18 heteroatoms. The minimum atomic E-state index is -2.09. The van der Waals surface area contributed by atoms with Crippen LogP contribution in [0.15, 0.2) is 0 Å². The van der Waals surface area contributed by atoms with E-state index in [-0.39, 0.29) is 31.0 Å². The molecule has 1 atom stereocenters. The first-order valence-electron chi connectivity index (χ1n) is 8.13. The van der Waals surface area contributed by atoms with Gasteiger partial charge in [0.1, 0.15) is 6.04 Å². The Hall–Kier alpha value is -3.28. The first-order chi connectivity index (χ1) is 14.7. The Morgan fingerprint density at radius 1 is 0.588 bits per heavy atom. The Morgan fingerprint density at radius 2 is 0.824 bits per heavy atom. The third-order valence-corrected chi connectivity index (χ3v) is 1.81. The molecule has 0 aromatic heterocycles. The van der Waals surface area contributed by atoms with Gasteiger partial charge in [0.2, 0.25) is 6.04 Å². The Bertz CT molecular complexity index is 606. The zero-order chi connectivity index (χ0) is 27.9. The van der Waals surface area contributed by atoms with Gasteiger partial charge in [-0.25, -0.2) is 9.59 Å². The quantitative estimate of drug-likeness (QED) is 0.110. The third-order valence-electron chi connectivity index (χ3n) is 1.81. The van der Waals surface area contributed by atoms with Crippen LogP contribution < -0.4 is 34.9 Å². The van der Waals surface area contributed by atoms with Crippen molar-refractivity contribution in [2.75, 3.05) is 0 Å². The van der Waals surface area contributed by atoms with Gasteiger partial charge in [0.05, 0.1) is 0 Å². The smallest absolute Gasteiger partial charge is 1.00 e. The van der Waals surface area contributed by atoms with Crippen LogP contribution in [-0.2, 0) is 38.4 Å². The average molecular weight is 513 g/mol. The zero-order valence-electron chi connectivity index (χ0n) is 19.9. The molecule has 0 aromatic rings. The first kappa shape index (κ1) is 44.4. The molecule has 0 aromatic carbocycles. The molecule has 0 rings (SSSR count). The molecule has 0 saturated heterocycles. The van der Waals surface area contributed by atoms with E-state index in [1.807, 2.05) is 5.32 Å². The van der Waals surface area contributed by atoms with Gasteiger partial charge in [-0.15, -0.1) is 0 Å². The summed E-state index contributed by atoms with van der Waals surface area (Å²) in [6, 6.07) is -3.65. The summed E-state index contributed by atoms with van der Waals surface area (Å²) in [6.45, 7) is 4.33. The molecule has 0 amide bonds. The predicted molar refractivity (Wildman–Crippen MR) is 105 cm³/mol. The fourth-order valence-corrected chi connectivity index (χ4v) is 0.995. The van der Waals surface area contributed by atoms with Crippen molar-refractivity contribution in [2.45, 2.75) is 52.6 Å². The molecule has 0 aliphatic heterocycles. The molecule has 1 unspecified atom stereocenters. The fraction of sp³-hybridized carbons (Fsp3) is 0.500. The minimum absolute atomic E-state index is 0. The second kappa shape index (κ2) is 27.8. The molecule has 17 nitrogen and oxygen atoms in total. The number of rotatable bonds is 8. The maximum absolute atomic E-state index is 10.7. The van der Waals surface area contributed by atoms with E-state index in [1.54, 1.807) is 0 Å². The third kappa shape index (κ3) is 70.3. The summed E-state index contributed by atoms with van der Waals surface area (Å²) < 4.78 is 0. The van der Waals surface area contributed by atoms with Crippen molar-refractivity contribution in [1.82, 2.24) is 5.32 Å². The molecule has 0 radical (unpaired) electrons. The molecule has 0 bridgehead atoms. The van der Waals surface area contributed by atoms with Crippen molar-refractivity contribution in [3.05, 3.63) is 0 Å². The van der Waals surface area contributed by atoms with E-state index >= 15 is 0 Å². The van der Waals surface area contributed by atoms with E-state index in [1.165, 1.54) is 0 Å². The number of carboxylic acid groups (broad SMARTS) is 8. The molecule has 0 aliphatic carbocycles. The number of carboxylic acids is 8. The molecule has 0 heterocycles. The average Bonchev–Trinajstić information content (AvgIpc) is 2.51. The number of nitrogens with one attached hydrogen (secondary N) is 1. The Kier molecular flexibility index (Phi) is 36.2. The number of carbonyl (C=O) groups is 8. The SMILES string of the molecule is CC(=O)O.CC(=O)O.CC(=O)O.CC(=O)O.O=C(O)CCC(NC(C(=O)O)C(=O)O)C(=O)O.[H-].[Na+]. The first-order valence-corrected chi connectivity index (χ1v) is 8.13. The van der Waals surface area contributed by atoms with Crippen LogP contribution in [-0.4, -0.2) is 101 Å². The van der Waals surface area contributed by atoms with Crippen LogP contribution in [0.5, 0.6) is 0 Å². The van der Waals surface area contributed by atoms with Crippen LogP contribution in [0.4, 0.5) is 0 Å². The van der Waals surface area contributed by atoms with Crippen molar-refractivity contribution < 1.29 is 110 Å². The van der Waals surface area contributed by atoms with Gasteiger partial charge in [-0.2, -0.15) is 0 Å². The maximum atomic E-state index is 10.7. The maximum Gasteiger partial charge on any atom is 1.00 e. The second-order valence-electron chi connectivity index (χ2n) is 5.18. The van der Waals surface area contributed by atoms with E-state index in [0.717, 1.165) is 27.7 Å². The number of hydrogen-bond donors (Lipinski definition) is 9. The van der Waals surface area contributed by atoms with Crippen LogP contribution >= 0.6 is 0 Å². The van der Waals surface area contributed by atoms with Gasteiger partial charge in [-0.3, -0.25) is 34.1 Å². The largest absolute Gasteiger partial charge is 1.00 e. The van der Waals surface area contributed by atoms with E-state index in [4.69, 9.17) is 60.0 Å². The predicted octanol–water partition coefficient (Wildman–Crippen LogP) is -4.09. The van der Waals surface area contributed by atoms with Crippen molar-refractivity contribution >= 4 is 47.8 Å². The Labute approximate surface area is 215 Å². The molecule has 0 aliphatic rings. The van der Waals surface area contributed by atoms with Crippen molar-refractivity contribution in [1.29, 1.82) is 0 Å².